The van der Waals surface area contributed by atoms with Gasteiger partial charge in [0.05, 0.1) is 4.92 Å². The first-order chi connectivity index (χ1) is 12.0. The number of nitro groups is 1. The summed E-state index contributed by atoms with van der Waals surface area (Å²) >= 11 is 0. The maximum absolute atomic E-state index is 11.5. The molecule has 0 radical (unpaired) electrons. The zero-order valence-corrected chi connectivity index (χ0v) is 14.1. The maximum Gasteiger partial charge on any atom is 0.293 e. The molecule has 0 unspecified atom stereocenters. The first-order valence-corrected chi connectivity index (χ1v) is 8.20. The highest BCUT2D eigenvalue weighted by Crippen LogP contribution is 2.30. The molecule has 1 aromatic heterocycles. The molecule has 1 fully saturated rings. The maximum atomic E-state index is 11.5. The van der Waals surface area contributed by atoms with Crippen molar-refractivity contribution in [2.45, 2.75) is 13.5 Å². The molecule has 7 heteroatoms. The highest BCUT2D eigenvalue weighted by molar-refractivity contribution is 5.95. The molecule has 1 aliphatic heterocycles. The number of carbonyl (C=O) groups is 1. The Labute approximate surface area is 146 Å². The van der Waals surface area contributed by atoms with Crippen LogP contribution in [-0.2, 0) is 6.54 Å². The first kappa shape index (κ1) is 17.0. The molecule has 25 heavy (non-hydrogen) atoms. The zero-order valence-electron chi connectivity index (χ0n) is 14.1. The van der Waals surface area contributed by atoms with Gasteiger partial charge in [-0.25, -0.2) is 0 Å². The number of piperazine rings is 1. The second-order valence-electron chi connectivity index (χ2n) is 6.14. The van der Waals surface area contributed by atoms with Crippen LogP contribution in [0, 0.1) is 10.1 Å². The van der Waals surface area contributed by atoms with Crippen molar-refractivity contribution in [1.82, 2.24) is 9.88 Å². The van der Waals surface area contributed by atoms with Crippen LogP contribution >= 0.6 is 0 Å². The Hall–Kier alpha value is -2.80. The van der Waals surface area contributed by atoms with E-state index < -0.39 is 4.92 Å². The van der Waals surface area contributed by atoms with Crippen molar-refractivity contribution in [2.24, 2.45) is 0 Å². The molecule has 1 aliphatic rings. The number of benzene rings is 1. The quantitative estimate of drug-likeness (QED) is 0.473. The summed E-state index contributed by atoms with van der Waals surface area (Å²) in [6.07, 6.45) is 3.61. The van der Waals surface area contributed by atoms with Crippen LogP contribution in [0.4, 0.5) is 11.4 Å². The summed E-state index contributed by atoms with van der Waals surface area (Å²) in [7, 11) is 0. The summed E-state index contributed by atoms with van der Waals surface area (Å²) in [5.74, 6) is -0.170. The Morgan fingerprint density at radius 3 is 2.60 bits per heavy atom. The Balaban J connectivity index is 1.70. The fourth-order valence-corrected chi connectivity index (χ4v) is 3.05. The lowest BCUT2D eigenvalue weighted by Gasteiger charge is -2.35. The highest BCUT2D eigenvalue weighted by atomic mass is 16.6. The number of anilines is 1. The lowest BCUT2D eigenvalue weighted by molar-refractivity contribution is -0.384. The van der Waals surface area contributed by atoms with E-state index in [9.17, 15) is 14.9 Å². The highest BCUT2D eigenvalue weighted by Gasteiger charge is 2.24. The predicted molar refractivity (Wildman–Crippen MR) is 94.8 cm³/mol. The zero-order chi connectivity index (χ0) is 17.8. The van der Waals surface area contributed by atoms with Gasteiger partial charge in [0, 0.05) is 56.7 Å². The number of nitro benzene ring substituents is 1. The van der Waals surface area contributed by atoms with E-state index in [1.807, 2.05) is 23.2 Å². The molecule has 0 N–H and O–H groups in total. The van der Waals surface area contributed by atoms with Crippen molar-refractivity contribution in [3.8, 4) is 0 Å². The fraction of sp³-hybridized carbons (Fsp3) is 0.333. The van der Waals surface area contributed by atoms with E-state index in [-0.39, 0.29) is 11.5 Å². The van der Waals surface area contributed by atoms with E-state index >= 15 is 0 Å². The smallest absolute Gasteiger partial charge is 0.293 e. The molecule has 1 saturated heterocycles. The van der Waals surface area contributed by atoms with Gasteiger partial charge < -0.3 is 4.90 Å². The standard InChI is InChI=1S/C18H20N4O3/c1-14(23)16-4-5-17(18(11-16)22(24)25)21-9-7-20(8-10-21)13-15-3-2-6-19-12-15/h2-6,11-12H,7-10,13H2,1H3. The van der Waals surface area contributed by atoms with Gasteiger partial charge in [0.1, 0.15) is 5.69 Å². The third-order valence-electron chi connectivity index (χ3n) is 4.42. The van der Waals surface area contributed by atoms with E-state index in [0.29, 0.717) is 24.3 Å². The van der Waals surface area contributed by atoms with Crippen LogP contribution in [0.5, 0.6) is 0 Å². The number of pyridine rings is 1. The summed E-state index contributed by atoms with van der Waals surface area (Å²) in [6.45, 7) is 5.30. The van der Waals surface area contributed by atoms with Crippen LogP contribution in [-0.4, -0.2) is 46.8 Å². The summed E-state index contributed by atoms with van der Waals surface area (Å²) in [5, 5.41) is 11.4. The monoisotopic (exact) mass is 340 g/mol. The number of Topliss-reactive ketones (excluding diaryl/α,β-unsaturated/α-hetero) is 1. The minimum Gasteiger partial charge on any atom is -0.363 e. The van der Waals surface area contributed by atoms with Gasteiger partial charge in [-0.3, -0.25) is 24.8 Å². The summed E-state index contributed by atoms with van der Waals surface area (Å²) < 4.78 is 0. The normalized spacial score (nSPS) is 15.2. The van der Waals surface area contributed by atoms with Gasteiger partial charge in [-0.05, 0) is 30.7 Å². The number of rotatable bonds is 5. The lowest BCUT2D eigenvalue weighted by atomic mass is 10.1. The van der Waals surface area contributed by atoms with Crippen molar-refractivity contribution in [2.75, 3.05) is 31.1 Å². The lowest BCUT2D eigenvalue weighted by Crippen LogP contribution is -2.46. The topological polar surface area (TPSA) is 79.6 Å². The number of nitrogens with zero attached hydrogens (tertiary/aromatic N) is 4. The molecule has 0 aliphatic carbocycles. The van der Waals surface area contributed by atoms with Crippen molar-refractivity contribution in [1.29, 1.82) is 0 Å². The number of ketones is 1. The molecule has 0 bridgehead atoms. The van der Waals surface area contributed by atoms with Gasteiger partial charge in [0.15, 0.2) is 5.78 Å². The minimum absolute atomic E-state index is 0.00610. The van der Waals surface area contributed by atoms with Crippen LogP contribution in [0.25, 0.3) is 0 Å². The van der Waals surface area contributed by atoms with Gasteiger partial charge in [0.2, 0.25) is 0 Å². The molecule has 2 aromatic rings. The van der Waals surface area contributed by atoms with Gasteiger partial charge >= 0.3 is 0 Å². The van der Waals surface area contributed by atoms with E-state index in [0.717, 1.165) is 25.2 Å². The average molecular weight is 340 g/mol. The van der Waals surface area contributed by atoms with E-state index in [1.165, 1.54) is 13.0 Å². The number of aromatic nitrogens is 1. The minimum atomic E-state index is -0.413. The Morgan fingerprint density at radius 1 is 1.24 bits per heavy atom. The third-order valence-corrected chi connectivity index (χ3v) is 4.42. The van der Waals surface area contributed by atoms with Crippen molar-refractivity contribution in [3.05, 3.63) is 64.0 Å². The molecule has 1 aromatic carbocycles. The van der Waals surface area contributed by atoms with Crippen molar-refractivity contribution < 1.29 is 9.72 Å². The summed E-state index contributed by atoms with van der Waals surface area (Å²) in [4.78, 5) is 30.9. The molecule has 130 valence electrons. The Kier molecular flexibility index (Phi) is 5.04. The van der Waals surface area contributed by atoms with Gasteiger partial charge in [-0.15, -0.1) is 0 Å². The van der Waals surface area contributed by atoms with E-state index in [1.54, 1.807) is 18.3 Å². The molecule has 0 spiro atoms. The SMILES string of the molecule is CC(=O)c1ccc(N2CCN(Cc3cccnc3)CC2)c([N+](=O)[O-])c1. The number of hydrogen-bond acceptors (Lipinski definition) is 6. The third kappa shape index (κ3) is 4.00. The summed E-state index contributed by atoms with van der Waals surface area (Å²) in [5.41, 5.74) is 2.10. The Morgan fingerprint density at radius 2 is 2.00 bits per heavy atom. The second kappa shape index (κ2) is 7.40. The largest absolute Gasteiger partial charge is 0.363 e. The van der Waals surface area contributed by atoms with Crippen LogP contribution in [0.3, 0.4) is 0 Å². The van der Waals surface area contributed by atoms with Crippen LogP contribution < -0.4 is 4.90 Å². The average Bonchev–Trinajstić information content (AvgIpc) is 2.62. The van der Waals surface area contributed by atoms with Gasteiger partial charge in [-0.2, -0.15) is 0 Å². The first-order valence-electron chi connectivity index (χ1n) is 8.20. The number of hydrogen-bond donors (Lipinski definition) is 0. The van der Waals surface area contributed by atoms with Crippen molar-refractivity contribution >= 4 is 17.2 Å². The molecule has 0 amide bonds. The van der Waals surface area contributed by atoms with E-state index in [4.69, 9.17) is 0 Å². The molecule has 7 nitrogen and oxygen atoms in total. The van der Waals surface area contributed by atoms with Gasteiger partial charge in [-0.1, -0.05) is 6.07 Å². The molecule has 0 saturated carbocycles. The van der Waals surface area contributed by atoms with Crippen LogP contribution in [0.1, 0.15) is 22.8 Å². The molecular formula is C18H20N4O3. The van der Waals surface area contributed by atoms with Crippen molar-refractivity contribution in [3.63, 3.8) is 0 Å². The van der Waals surface area contributed by atoms with Gasteiger partial charge in [0.25, 0.3) is 5.69 Å². The van der Waals surface area contributed by atoms with Crippen LogP contribution in [0.2, 0.25) is 0 Å². The van der Waals surface area contributed by atoms with E-state index in [2.05, 4.69) is 9.88 Å². The van der Waals surface area contributed by atoms with Crippen LogP contribution in [0.15, 0.2) is 42.7 Å². The molecular weight excluding hydrogens is 320 g/mol. The molecule has 3 rings (SSSR count). The predicted octanol–water partition coefficient (Wildman–Crippen LogP) is 2.51. The Bertz CT molecular complexity index is 771. The summed E-state index contributed by atoms with van der Waals surface area (Å²) in [6, 6.07) is 8.69. The fourth-order valence-electron chi connectivity index (χ4n) is 3.05. The second-order valence-corrected chi connectivity index (χ2v) is 6.14. The molecule has 0 atom stereocenters. The number of carbonyl (C=O) groups excluding carboxylic acids is 1. The molecule has 2 heterocycles.